The number of hydrogen-bond donors (Lipinski definition) is 2. The highest BCUT2D eigenvalue weighted by molar-refractivity contribution is 6.01. The number of anilines is 2. The van der Waals surface area contributed by atoms with E-state index < -0.39 is 5.41 Å². The number of rotatable bonds is 11. The molecule has 0 saturated carbocycles. The van der Waals surface area contributed by atoms with Crippen molar-refractivity contribution in [1.29, 1.82) is 0 Å². The van der Waals surface area contributed by atoms with Crippen molar-refractivity contribution < 1.29 is 0 Å². The fourth-order valence-electron chi connectivity index (χ4n) is 9.97. The van der Waals surface area contributed by atoms with Crippen molar-refractivity contribution in [3.63, 3.8) is 0 Å². The molecule has 298 valence electrons. The minimum absolute atomic E-state index is 0.0813. The number of nitrogens with two attached hydrogens (primary N) is 1. The molecule has 1 heterocycles. The molecule has 4 heteroatoms. The molecule has 1 aliphatic carbocycles. The van der Waals surface area contributed by atoms with Gasteiger partial charge in [-0.15, -0.1) is 0 Å². The molecule has 4 nitrogen and oxygen atoms in total. The Hall–Kier alpha value is -7.34. The van der Waals surface area contributed by atoms with Crippen LogP contribution in [0.25, 0.3) is 33.4 Å². The number of fused-ring (bicyclic) bond motifs is 3. The van der Waals surface area contributed by atoms with Gasteiger partial charge in [-0.3, -0.25) is 0 Å². The molecular weight excluding hydrogens is 753 g/mol. The summed E-state index contributed by atoms with van der Waals surface area (Å²) in [4.78, 5) is 0. The van der Waals surface area contributed by atoms with Crippen LogP contribution in [0.5, 0.6) is 0 Å². The van der Waals surface area contributed by atoms with Crippen LogP contribution in [0.1, 0.15) is 51.3 Å². The van der Waals surface area contributed by atoms with Crippen LogP contribution in [0.2, 0.25) is 0 Å². The van der Waals surface area contributed by atoms with E-state index in [4.69, 9.17) is 5.73 Å². The third kappa shape index (κ3) is 6.53. The SMILES string of the molecule is NC(c1ccccc1)N1C(c2ccccc2)N1Cc1cccc(Nc2ccc3c(c2-c2cccc(-c4ccccc4)c2)-c2ccccc2C3(c2ccccc2)c2ccccc2)c1. The van der Waals surface area contributed by atoms with Gasteiger partial charge in [0, 0.05) is 23.5 Å². The van der Waals surface area contributed by atoms with Gasteiger partial charge in [0.05, 0.1) is 11.6 Å². The van der Waals surface area contributed by atoms with Gasteiger partial charge in [0.15, 0.2) is 0 Å². The average molecular weight is 799 g/mol. The minimum atomic E-state index is -0.515. The van der Waals surface area contributed by atoms with Gasteiger partial charge in [0.25, 0.3) is 0 Å². The molecule has 9 aromatic carbocycles. The van der Waals surface area contributed by atoms with Crippen molar-refractivity contribution in [3.8, 4) is 33.4 Å². The van der Waals surface area contributed by atoms with Crippen molar-refractivity contribution in [2.24, 2.45) is 5.73 Å². The first-order chi connectivity index (χ1) is 30.7. The smallest absolute Gasteiger partial charge is 0.117 e. The van der Waals surface area contributed by atoms with Crippen LogP contribution in [0.15, 0.2) is 237 Å². The van der Waals surface area contributed by atoms with Crippen LogP contribution < -0.4 is 11.1 Å². The summed E-state index contributed by atoms with van der Waals surface area (Å²) in [6, 6.07) is 85.4. The summed E-state index contributed by atoms with van der Waals surface area (Å²) in [6.07, 6.45) is -0.178. The van der Waals surface area contributed by atoms with Crippen molar-refractivity contribution in [2.75, 3.05) is 5.32 Å². The molecular formula is C58H46N4. The summed E-state index contributed by atoms with van der Waals surface area (Å²) in [5, 5.41) is 8.66. The molecule has 0 aromatic heterocycles. The Morgan fingerprint density at radius 3 is 1.77 bits per heavy atom. The normalized spacial score (nSPS) is 17.4. The van der Waals surface area contributed by atoms with Gasteiger partial charge in [0.1, 0.15) is 6.17 Å². The topological polar surface area (TPSA) is 44.1 Å². The van der Waals surface area contributed by atoms with Crippen LogP contribution in [0.4, 0.5) is 11.4 Å². The van der Waals surface area contributed by atoms with Gasteiger partial charge >= 0.3 is 0 Å². The molecule has 1 saturated heterocycles. The van der Waals surface area contributed by atoms with E-state index in [-0.39, 0.29) is 12.3 Å². The quantitative estimate of drug-likeness (QED) is 0.128. The zero-order chi connectivity index (χ0) is 41.5. The van der Waals surface area contributed by atoms with E-state index in [0.717, 1.165) is 29.0 Å². The predicted octanol–water partition coefficient (Wildman–Crippen LogP) is 13.5. The lowest BCUT2D eigenvalue weighted by Crippen LogP contribution is -2.28. The number of hydrogen-bond acceptors (Lipinski definition) is 4. The zero-order valence-electron chi connectivity index (χ0n) is 34.4. The van der Waals surface area contributed by atoms with Gasteiger partial charge < -0.3 is 11.1 Å². The lowest BCUT2D eigenvalue weighted by atomic mass is 9.67. The molecule has 9 aromatic rings. The second-order valence-electron chi connectivity index (χ2n) is 16.3. The number of benzene rings is 9. The molecule has 4 atom stereocenters. The third-order valence-electron chi connectivity index (χ3n) is 12.7. The second kappa shape index (κ2) is 15.9. The number of nitrogens with zero attached hydrogens (tertiary/aromatic N) is 2. The van der Waals surface area contributed by atoms with Gasteiger partial charge in [0.2, 0.25) is 0 Å². The Labute approximate surface area is 364 Å². The van der Waals surface area contributed by atoms with Crippen molar-refractivity contribution in [2.45, 2.75) is 24.3 Å². The first-order valence-electron chi connectivity index (χ1n) is 21.5. The van der Waals surface area contributed by atoms with Crippen LogP contribution >= 0.6 is 0 Å². The van der Waals surface area contributed by atoms with E-state index in [9.17, 15) is 0 Å². The zero-order valence-corrected chi connectivity index (χ0v) is 34.4. The Balaban J connectivity index is 1.04. The van der Waals surface area contributed by atoms with Gasteiger partial charge in [-0.2, -0.15) is 5.01 Å². The van der Waals surface area contributed by atoms with Crippen molar-refractivity contribution in [3.05, 3.63) is 276 Å². The standard InChI is InChI=1S/C58H46N4/c59-56(43-23-8-2-9-24-43)62-57(44-25-10-3-11-26-44)61(62)40-41-20-18-33-49(38-41)60-53-37-36-52-55(54(53)46-28-19-27-45(39-46)42-21-6-1-7-22-42)50-34-16-17-35-51(50)58(52,47-29-12-4-13-30-47)48-31-14-5-15-32-48/h1-39,56-57,60H,40,59H2. The molecule has 11 rings (SSSR count). The van der Waals surface area contributed by atoms with Gasteiger partial charge in [-0.1, -0.05) is 212 Å². The Kier molecular flexibility index (Phi) is 9.67. The number of hydrazine groups is 1. The summed E-state index contributed by atoms with van der Waals surface area (Å²) in [5.41, 5.74) is 24.3. The number of nitrogens with one attached hydrogen (secondary N) is 1. The molecule has 0 spiro atoms. The first-order valence-corrected chi connectivity index (χ1v) is 21.5. The molecule has 0 radical (unpaired) electrons. The maximum Gasteiger partial charge on any atom is 0.117 e. The predicted molar refractivity (Wildman–Crippen MR) is 254 cm³/mol. The molecule has 1 fully saturated rings. The molecule has 1 aliphatic heterocycles. The minimum Gasteiger partial charge on any atom is -0.355 e. The Morgan fingerprint density at radius 2 is 1.06 bits per heavy atom. The lowest BCUT2D eigenvalue weighted by molar-refractivity contribution is 0.237. The average Bonchev–Trinajstić information content (AvgIpc) is 3.97. The molecule has 2 aliphatic rings. The highest BCUT2D eigenvalue weighted by atomic mass is 15.9. The highest BCUT2D eigenvalue weighted by Crippen LogP contribution is 2.59. The monoisotopic (exact) mass is 798 g/mol. The summed E-state index contributed by atoms with van der Waals surface area (Å²) in [7, 11) is 0. The van der Waals surface area contributed by atoms with Gasteiger partial charge in [-0.05, 0) is 91.0 Å². The molecule has 0 bridgehead atoms. The molecule has 3 N–H and O–H groups in total. The van der Waals surface area contributed by atoms with Crippen LogP contribution in [0.3, 0.4) is 0 Å². The molecule has 62 heavy (non-hydrogen) atoms. The Morgan fingerprint density at radius 1 is 0.484 bits per heavy atom. The molecule has 4 unspecified atom stereocenters. The highest BCUT2D eigenvalue weighted by Gasteiger charge is 2.50. The van der Waals surface area contributed by atoms with Crippen LogP contribution in [-0.2, 0) is 12.0 Å². The fourth-order valence-corrected chi connectivity index (χ4v) is 9.97. The summed E-state index contributed by atoms with van der Waals surface area (Å²) >= 11 is 0. The van der Waals surface area contributed by atoms with E-state index in [1.807, 2.05) is 6.07 Å². The van der Waals surface area contributed by atoms with Crippen LogP contribution in [0, 0.1) is 0 Å². The maximum atomic E-state index is 6.97. The van der Waals surface area contributed by atoms with E-state index in [1.54, 1.807) is 0 Å². The van der Waals surface area contributed by atoms with E-state index >= 15 is 0 Å². The molecule has 0 amide bonds. The third-order valence-corrected chi connectivity index (χ3v) is 12.7. The van der Waals surface area contributed by atoms with E-state index in [1.165, 1.54) is 61.2 Å². The van der Waals surface area contributed by atoms with E-state index in [2.05, 4.69) is 246 Å². The van der Waals surface area contributed by atoms with Crippen molar-refractivity contribution in [1.82, 2.24) is 10.0 Å². The summed E-state index contributed by atoms with van der Waals surface area (Å²) in [5.74, 6) is 0. The summed E-state index contributed by atoms with van der Waals surface area (Å²) in [6.45, 7) is 0.718. The Bertz CT molecular complexity index is 2950. The second-order valence-corrected chi connectivity index (χ2v) is 16.3. The largest absolute Gasteiger partial charge is 0.355 e. The summed E-state index contributed by atoms with van der Waals surface area (Å²) < 4.78 is 0. The van der Waals surface area contributed by atoms with E-state index in [0.29, 0.717) is 0 Å². The first kappa shape index (κ1) is 37.6. The fraction of sp³-hybridized carbons (Fsp3) is 0.0690. The van der Waals surface area contributed by atoms with Crippen molar-refractivity contribution >= 4 is 11.4 Å². The maximum absolute atomic E-state index is 6.97. The van der Waals surface area contributed by atoms with Gasteiger partial charge in [-0.25, -0.2) is 5.01 Å². The lowest BCUT2D eigenvalue weighted by Gasteiger charge is -2.34. The van der Waals surface area contributed by atoms with Crippen LogP contribution in [-0.4, -0.2) is 10.0 Å².